The first-order valence-corrected chi connectivity index (χ1v) is 8.75. The Morgan fingerprint density at radius 1 is 0.917 bits per heavy atom. The van der Waals surface area contributed by atoms with E-state index in [4.69, 9.17) is 0 Å². The van der Waals surface area contributed by atoms with E-state index in [-0.39, 0.29) is 28.3 Å². The number of fused-ring (bicyclic) bond motifs is 2. The van der Waals surface area contributed by atoms with Gasteiger partial charge in [-0.1, -0.05) is 24.3 Å². The molecule has 0 saturated carbocycles. The molecule has 2 N–H and O–H groups in total. The maximum atomic E-state index is 12.9. The third-order valence-electron chi connectivity index (χ3n) is 3.76. The summed E-state index contributed by atoms with van der Waals surface area (Å²) >= 11 is 0. The highest BCUT2D eigenvalue weighted by Crippen LogP contribution is 2.35. The smallest absolute Gasteiger partial charge is 0.295 e. The average Bonchev–Trinajstić information content (AvgIpc) is 2.50. The highest BCUT2D eigenvalue weighted by atomic mass is 32.2. The molecule has 2 aromatic rings. The minimum atomic E-state index is -4.62. The van der Waals surface area contributed by atoms with E-state index in [1.54, 1.807) is 12.1 Å². The van der Waals surface area contributed by atoms with E-state index in [0.29, 0.717) is 5.69 Å². The summed E-state index contributed by atoms with van der Waals surface area (Å²) in [4.78, 5) is 25.1. The Hall–Kier alpha value is -2.51. The van der Waals surface area contributed by atoms with E-state index in [0.717, 1.165) is 6.07 Å². The van der Waals surface area contributed by atoms with E-state index in [9.17, 15) is 22.6 Å². The molecule has 3 rings (SSSR count). The van der Waals surface area contributed by atoms with Gasteiger partial charge in [0.25, 0.3) is 10.1 Å². The fraction of sp³-hybridized carbons (Fsp3) is 0.176. The summed E-state index contributed by atoms with van der Waals surface area (Å²) in [5.41, 5.74) is 0.550. The number of carbonyl (C=O) groups is 2. The van der Waals surface area contributed by atoms with Crippen LogP contribution >= 0.6 is 0 Å². The van der Waals surface area contributed by atoms with Crippen LogP contribution in [0.15, 0.2) is 41.3 Å². The average molecular weight is 345 g/mol. The lowest BCUT2D eigenvalue weighted by atomic mass is 9.83. The summed E-state index contributed by atoms with van der Waals surface area (Å²) in [7, 11) is -4.62. The Kier molecular flexibility index (Phi) is 3.77. The predicted molar refractivity (Wildman–Crippen MR) is 88.3 cm³/mol. The molecule has 0 aromatic heterocycles. The standard InChI is InChI=1S/C17H15NO5S/c1-9(2)18-12-7-3-5-10-14(12)16(19)11-6-4-8-13(24(21,22)23)15(11)17(10)20/h3-9,18H,1-2H3,(H,21,22,23). The largest absolute Gasteiger partial charge is 0.382 e. The van der Waals surface area contributed by atoms with Crippen LogP contribution in [0.2, 0.25) is 0 Å². The molecular formula is C17H15NO5S. The van der Waals surface area contributed by atoms with Crippen LogP contribution in [-0.4, -0.2) is 30.6 Å². The van der Waals surface area contributed by atoms with E-state index < -0.39 is 26.6 Å². The van der Waals surface area contributed by atoms with Gasteiger partial charge < -0.3 is 5.32 Å². The van der Waals surface area contributed by atoms with Gasteiger partial charge in [-0.05, 0) is 26.0 Å². The monoisotopic (exact) mass is 345 g/mol. The zero-order chi connectivity index (χ0) is 17.6. The quantitative estimate of drug-likeness (QED) is 0.708. The number of ketones is 2. The molecule has 0 spiro atoms. The SMILES string of the molecule is CC(C)Nc1cccc2c1C(=O)c1cccc(S(=O)(=O)O)c1C2=O. The lowest BCUT2D eigenvalue weighted by Crippen LogP contribution is -2.25. The lowest BCUT2D eigenvalue weighted by Gasteiger charge is -2.22. The van der Waals surface area contributed by atoms with Gasteiger partial charge in [-0.3, -0.25) is 14.1 Å². The molecule has 1 aliphatic rings. The van der Waals surface area contributed by atoms with Crippen molar-refractivity contribution in [3.05, 3.63) is 58.7 Å². The van der Waals surface area contributed by atoms with Crippen molar-refractivity contribution in [2.45, 2.75) is 24.8 Å². The van der Waals surface area contributed by atoms with Crippen LogP contribution in [0.3, 0.4) is 0 Å². The predicted octanol–water partition coefficient (Wildman–Crippen LogP) is 2.53. The van der Waals surface area contributed by atoms with Gasteiger partial charge in [0.1, 0.15) is 4.90 Å². The van der Waals surface area contributed by atoms with Gasteiger partial charge in [0.15, 0.2) is 11.6 Å². The molecule has 0 bridgehead atoms. The summed E-state index contributed by atoms with van der Waals surface area (Å²) in [6.07, 6.45) is 0. The molecule has 6 nitrogen and oxygen atoms in total. The van der Waals surface area contributed by atoms with Crippen LogP contribution in [0.25, 0.3) is 0 Å². The van der Waals surface area contributed by atoms with Crippen molar-refractivity contribution in [2.75, 3.05) is 5.32 Å². The van der Waals surface area contributed by atoms with Crippen molar-refractivity contribution in [3.8, 4) is 0 Å². The summed E-state index contributed by atoms with van der Waals surface area (Å²) in [5, 5.41) is 3.12. The number of rotatable bonds is 3. The second-order valence-electron chi connectivity index (χ2n) is 5.84. The summed E-state index contributed by atoms with van der Waals surface area (Å²) < 4.78 is 32.5. The summed E-state index contributed by atoms with van der Waals surface area (Å²) in [6, 6.07) is 8.67. The lowest BCUT2D eigenvalue weighted by molar-refractivity contribution is 0.0977. The van der Waals surface area contributed by atoms with Crippen LogP contribution in [0, 0.1) is 0 Å². The zero-order valence-electron chi connectivity index (χ0n) is 13.0. The number of benzene rings is 2. The van der Waals surface area contributed by atoms with Crippen molar-refractivity contribution in [1.29, 1.82) is 0 Å². The Morgan fingerprint density at radius 2 is 1.46 bits per heavy atom. The van der Waals surface area contributed by atoms with Crippen LogP contribution < -0.4 is 5.32 Å². The Balaban J connectivity index is 2.31. The number of hydrogen-bond donors (Lipinski definition) is 2. The van der Waals surface area contributed by atoms with Crippen molar-refractivity contribution in [2.24, 2.45) is 0 Å². The van der Waals surface area contributed by atoms with Crippen LogP contribution in [-0.2, 0) is 10.1 Å². The minimum Gasteiger partial charge on any atom is -0.382 e. The Labute approximate surface area is 139 Å². The summed E-state index contributed by atoms with van der Waals surface area (Å²) in [6.45, 7) is 3.80. The molecular weight excluding hydrogens is 330 g/mol. The molecule has 0 saturated heterocycles. The molecule has 0 aliphatic heterocycles. The molecule has 2 aromatic carbocycles. The molecule has 0 amide bonds. The van der Waals surface area contributed by atoms with E-state index >= 15 is 0 Å². The molecule has 0 fully saturated rings. The molecule has 1 aliphatic carbocycles. The molecule has 0 unspecified atom stereocenters. The second kappa shape index (κ2) is 5.54. The minimum absolute atomic E-state index is 0.0272. The maximum absolute atomic E-state index is 12.9. The molecule has 24 heavy (non-hydrogen) atoms. The van der Waals surface area contributed by atoms with Gasteiger partial charge in [0.05, 0.1) is 11.1 Å². The topological polar surface area (TPSA) is 101 Å². The third kappa shape index (κ3) is 2.51. The van der Waals surface area contributed by atoms with Crippen molar-refractivity contribution in [1.82, 2.24) is 0 Å². The normalized spacial score (nSPS) is 13.7. The van der Waals surface area contributed by atoms with Gasteiger partial charge in [-0.15, -0.1) is 0 Å². The molecule has 0 heterocycles. The number of nitrogens with one attached hydrogen (secondary N) is 1. The molecule has 0 radical (unpaired) electrons. The first-order valence-electron chi connectivity index (χ1n) is 7.31. The maximum Gasteiger partial charge on any atom is 0.295 e. The highest BCUT2D eigenvalue weighted by molar-refractivity contribution is 7.86. The van der Waals surface area contributed by atoms with Gasteiger partial charge >= 0.3 is 0 Å². The first kappa shape index (κ1) is 16.4. The second-order valence-corrected chi connectivity index (χ2v) is 7.23. The first-order chi connectivity index (χ1) is 11.2. The fourth-order valence-corrected chi connectivity index (χ4v) is 3.57. The zero-order valence-corrected chi connectivity index (χ0v) is 13.8. The molecule has 0 atom stereocenters. The third-order valence-corrected chi connectivity index (χ3v) is 4.65. The fourth-order valence-electron chi connectivity index (χ4n) is 2.86. The van der Waals surface area contributed by atoms with E-state index in [1.807, 2.05) is 13.8 Å². The highest BCUT2D eigenvalue weighted by Gasteiger charge is 2.35. The van der Waals surface area contributed by atoms with Gasteiger partial charge in [-0.2, -0.15) is 8.42 Å². The number of anilines is 1. The van der Waals surface area contributed by atoms with Crippen LogP contribution in [0.5, 0.6) is 0 Å². The van der Waals surface area contributed by atoms with Crippen LogP contribution in [0.1, 0.15) is 45.7 Å². The molecule has 124 valence electrons. The molecule has 7 heteroatoms. The number of carbonyl (C=O) groups excluding carboxylic acids is 2. The van der Waals surface area contributed by atoms with E-state index in [2.05, 4.69) is 5.32 Å². The van der Waals surface area contributed by atoms with Crippen molar-refractivity contribution >= 4 is 27.4 Å². The van der Waals surface area contributed by atoms with Gasteiger partial charge in [0.2, 0.25) is 0 Å². The van der Waals surface area contributed by atoms with Crippen LogP contribution in [0.4, 0.5) is 5.69 Å². The summed E-state index contributed by atoms with van der Waals surface area (Å²) in [5.74, 6) is -1.05. The Bertz CT molecular complexity index is 976. The van der Waals surface area contributed by atoms with E-state index in [1.165, 1.54) is 18.2 Å². The van der Waals surface area contributed by atoms with Gasteiger partial charge in [0, 0.05) is 22.9 Å². The van der Waals surface area contributed by atoms with Gasteiger partial charge in [-0.25, -0.2) is 0 Å². The van der Waals surface area contributed by atoms with Crippen molar-refractivity contribution in [3.63, 3.8) is 0 Å². The Morgan fingerprint density at radius 3 is 2.04 bits per heavy atom. The van der Waals surface area contributed by atoms with Crippen molar-refractivity contribution < 1.29 is 22.6 Å². The number of hydrogen-bond acceptors (Lipinski definition) is 5.